The van der Waals surface area contributed by atoms with Gasteiger partial charge < -0.3 is 14.8 Å². The first-order valence-electron chi connectivity index (χ1n) is 6.98. The monoisotopic (exact) mass is 357 g/mol. The fourth-order valence-electron chi connectivity index (χ4n) is 1.79. The number of methoxy groups -OCH3 is 1. The highest BCUT2D eigenvalue weighted by atomic mass is 35.5. The average Bonchev–Trinajstić information content (AvgIpc) is 2.99. The van der Waals surface area contributed by atoms with E-state index >= 15 is 0 Å². The van der Waals surface area contributed by atoms with Crippen LogP contribution >= 0.6 is 23.2 Å². The molecule has 0 bridgehead atoms. The van der Waals surface area contributed by atoms with E-state index in [1.54, 1.807) is 37.6 Å². The van der Waals surface area contributed by atoms with Gasteiger partial charge in [0.1, 0.15) is 11.4 Å². The maximum absolute atomic E-state index is 11.9. The first-order chi connectivity index (χ1) is 11.1. The number of carbonyl (C=O) groups is 1. The maximum atomic E-state index is 11.9. The van der Waals surface area contributed by atoms with Gasteiger partial charge in [0.15, 0.2) is 6.73 Å². The van der Waals surface area contributed by atoms with Crippen molar-refractivity contribution in [3.63, 3.8) is 0 Å². The predicted octanol–water partition coefficient (Wildman–Crippen LogP) is 2.99. The number of hydrogen-bond donors (Lipinski definition) is 1. The Balaban J connectivity index is 1.85. The minimum absolute atomic E-state index is 0.137. The number of aromatic nitrogens is 2. The Kier molecular flexibility index (Phi) is 6.70. The zero-order chi connectivity index (χ0) is 16.7. The first-order valence-corrected chi connectivity index (χ1v) is 7.74. The van der Waals surface area contributed by atoms with Crippen LogP contribution in [0.5, 0.6) is 5.75 Å². The van der Waals surface area contributed by atoms with Gasteiger partial charge >= 0.3 is 0 Å². The third-order valence-corrected chi connectivity index (χ3v) is 3.46. The van der Waals surface area contributed by atoms with Crippen molar-refractivity contribution < 1.29 is 14.3 Å². The van der Waals surface area contributed by atoms with Crippen molar-refractivity contribution in [2.24, 2.45) is 0 Å². The molecule has 0 saturated heterocycles. The number of carbonyl (C=O) groups excluding carboxylic acids is 1. The summed E-state index contributed by atoms with van der Waals surface area (Å²) in [7, 11) is 1.62. The molecular weight excluding hydrogens is 341 g/mol. The SMILES string of the molecule is COCCCNC(=O)c1ccn(COc2ccc(Cl)cc2Cl)n1. The molecule has 0 saturated carbocycles. The normalized spacial score (nSPS) is 10.6. The molecule has 0 aliphatic heterocycles. The zero-order valence-electron chi connectivity index (χ0n) is 12.6. The van der Waals surface area contributed by atoms with Gasteiger partial charge in [-0.15, -0.1) is 0 Å². The Labute approximate surface area is 144 Å². The second-order valence-electron chi connectivity index (χ2n) is 4.69. The van der Waals surface area contributed by atoms with E-state index in [4.69, 9.17) is 32.7 Å². The quantitative estimate of drug-likeness (QED) is 0.737. The van der Waals surface area contributed by atoms with Crippen molar-refractivity contribution in [1.29, 1.82) is 0 Å². The Morgan fingerprint density at radius 2 is 2.17 bits per heavy atom. The molecule has 23 heavy (non-hydrogen) atoms. The van der Waals surface area contributed by atoms with Gasteiger partial charge in [-0.3, -0.25) is 4.79 Å². The van der Waals surface area contributed by atoms with Crippen LogP contribution in [0.15, 0.2) is 30.5 Å². The maximum Gasteiger partial charge on any atom is 0.271 e. The van der Waals surface area contributed by atoms with Gasteiger partial charge in [-0.1, -0.05) is 23.2 Å². The largest absolute Gasteiger partial charge is 0.470 e. The number of nitrogens with zero attached hydrogens (tertiary/aromatic N) is 2. The van der Waals surface area contributed by atoms with Crippen LogP contribution in [0, 0.1) is 0 Å². The van der Waals surface area contributed by atoms with E-state index in [1.165, 1.54) is 4.68 Å². The smallest absolute Gasteiger partial charge is 0.271 e. The highest BCUT2D eigenvalue weighted by Gasteiger charge is 2.09. The molecule has 1 aromatic carbocycles. The molecule has 2 rings (SSSR count). The molecule has 124 valence electrons. The molecule has 0 aliphatic rings. The Morgan fingerprint density at radius 1 is 1.35 bits per heavy atom. The average molecular weight is 358 g/mol. The molecule has 1 heterocycles. The molecule has 0 radical (unpaired) electrons. The topological polar surface area (TPSA) is 65.4 Å². The van der Waals surface area contributed by atoms with Crippen LogP contribution in [0.3, 0.4) is 0 Å². The Morgan fingerprint density at radius 3 is 2.91 bits per heavy atom. The van der Waals surface area contributed by atoms with Crippen molar-refractivity contribution in [3.8, 4) is 5.75 Å². The number of ether oxygens (including phenoxy) is 2. The number of rotatable bonds is 8. The van der Waals surface area contributed by atoms with Gasteiger partial charge in [-0.2, -0.15) is 5.10 Å². The number of benzene rings is 1. The molecule has 6 nitrogen and oxygen atoms in total. The standard InChI is InChI=1S/C15H17Cl2N3O3/c1-22-8-2-6-18-15(21)13-5-7-20(19-13)10-23-14-4-3-11(16)9-12(14)17/h3-5,7,9H,2,6,8,10H2,1H3,(H,18,21). The van der Waals surface area contributed by atoms with Crippen LogP contribution < -0.4 is 10.1 Å². The summed E-state index contributed by atoms with van der Waals surface area (Å²) in [4.78, 5) is 11.9. The lowest BCUT2D eigenvalue weighted by Gasteiger charge is -2.08. The summed E-state index contributed by atoms with van der Waals surface area (Å²) < 4.78 is 12.0. The van der Waals surface area contributed by atoms with E-state index in [0.29, 0.717) is 34.6 Å². The molecule has 1 N–H and O–H groups in total. The van der Waals surface area contributed by atoms with Gasteiger partial charge in [0.2, 0.25) is 0 Å². The van der Waals surface area contributed by atoms with Crippen molar-refractivity contribution >= 4 is 29.1 Å². The second-order valence-corrected chi connectivity index (χ2v) is 5.53. The number of amides is 1. The number of nitrogens with one attached hydrogen (secondary N) is 1. The van der Waals surface area contributed by atoms with E-state index in [9.17, 15) is 4.79 Å². The fourth-order valence-corrected chi connectivity index (χ4v) is 2.25. The summed E-state index contributed by atoms with van der Waals surface area (Å²) in [6.45, 7) is 1.28. The number of hydrogen-bond acceptors (Lipinski definition) is 4. The molecule has 1 amide bonds. The van der Waals surface area contributed by atoms with Crippen molar-refractivity contribution in [3.05, 3.63) is 46.2 Å². The van der Waals surface area contributed by atoms with Gasteiger partial charge in [-0.25, -0.2) is 4.68 Å². The van der Waals surface area contributed by atoms with Crippen LogP contribution in [0.4, 0.5) is 0 Å². The van der Waals surface area contributed by atoms with Crippen LogP contribution in [-0.2, 0) is 11.5 Å². The van der Waals surface area contributed by atoms with Gasteiger partial charge in [0, 0.05) is 31.5 Å². The molecule has 0 atom stereocenters. The Bertz CT molecular complexity index is 661. The van der Waals surface area contributed by atoms with E-state index in [-0.39, 0.29) is 12.6 Å². The highest BCUT2D eigenvalue weighted by Crippen LogP contribution is 2.27. The van der Waals surface area contributed by atoms with Crippen LogP contribution in [-0.4, -0.2) is 35.9 Å². The summed E-state index contributed by atoms with van der Waals surface area (Å²) in [5.41, 5.74) is 0.327. The molecule has 0 unspecified atom stereocenters. The van der Waals surface area contributed by atoms with Crippen LogP contribution in [0.1, 0.15) is 16.9 Å². The van der Waals surface area contributed by atoms with Crippen molar-refractivity contribution in [1.82, 2.24) is 15.1 Å². The summed E-state index contributed by atoms with van der Waals surface area (Å²) in [6.07, 6.45) is 2.41. The Hall–Kier alpha value is -1.76. The van der Waals surface area contributed by atoms with Crippen molar-refractivity contribution in [2.75, 3.05) is 20.3 Å². The third-order valence-electron chi connectivity index (χ3n) is 2.93. The zero-order valence-corrected chi connectivity index (χ0v) is 14.1. The highest BCUT2D eigenvalue weighted by molar-refractivity contribution is 6.35. The lowest BCUT2D eigenvalue weighted by molar-refractivity contribution is 0.0941. The van der Waals surface area contributed by atoms with Gasteiger partial charge in [-0.05, 0) is 30.7 Å². The summed E-state index contributed by atoms with van der Waals surface area (Å²) in [5.74, 6) is 0.265. The minimum Gasteiger partial charge on any atom is -0.470 e. The second kappa shape index (κ2) is 8.76. The summed E-state index contributed by atoms with van der Waals surface area (Å²) in [6, 6.07) is 6.58. The molecule has 0 aliphatic carbocycles. The summed E-state index contributed by atoms with van der Waals surface area (Å²) >= 11 is 11.8. The van der Waals surface area contributed by atoms with Gasteiger partial charge in [0.05, 0.1) is 5.02 Å². The predicted molar refractivity (Wildman–Crippen MR) is 88.1 cm³/mol. The van der Waals surface area contributed by atoms with Crippen molar-refractivity contribution in [2.45, 2.75) is 13.2 Å². The van der Waals surface area contributed by atoms with Crippen LogP contribution in [0.2, 0.25) is 10.0 Å². The first kappa shape index (κ1) is 17.6. The lowest BCUT2D eigenvalue weighted by Crippen LogP contribution is -2.25. The molecule has 0 fully saturated rings. The van der Waals surface area contributed by atoms with E-state index in [2.05, 4.69) is 10.4 Å². The van der Waals surface area contributed by atoms with E-state index in [0.717, 1.165) is 6.42 Å². The summed E-state index contributed by atoms with van der Waals surface area (Å²) in [5, 5.41) is 7.87. The fraction of sp³-hybridized carbons (Fsp3) is 0.333. The molecular formula is C15H17Cl2N3O3. The molecule has 8 heteroatoms. The number of halogens is 2. The van der Waals surface area contributed by atoms with Crippen LogP contribution in [0.25, 0.3) is 0 Å². The van der Waals surface area contributed by atoms with E-state index < -0.39 is 0 Å². The third kappa shape index (κ3) is 5.42. The molecule has 0 spiro atoms. The molecule has 2 aromatic rings. The minimum atomic E-state index is -0.232. The van der Waals surface area contributed by atoms with E-state index in [1.807, 2.05) is 0 Å². The lowest BCUT2D eigenvalue weighted by atomic mass is 10.3. The molecule has 1 aromatic heterocycles. The van der Waals surface area contributed by atoms with Gasteiger partial charge in [0.25, 0.3) is 5.91 Å².